The van der Waals surface area contributed by atoms with Crippen LogP contribution < -0.4 is 10.6 Å². The lowest BCUT2D eigenvalue weighted by molar-refractivity contribution is -0.124. The van der Waals surface area contributed by atoms with Crippen molar-refractivity contribution >= 4 is 29.3 Å². The number of rotatable bonds is 8. The molecule has 166 valence electrons. The Kier molecular flexibility index (Phi) is 7.68. The molecule has 1 aliphatic carbocycles. The molecule has 2 amide bonds. The molecule has 0 spiro atoms. The summed E-state index contributed by atoms with van der Waals surface area (Å²) in [6.45, 7) is 3.80. The maximum Gasteiger partial charge on any atom is 0.408 e. The van der Waals surface area contributed by atoms with E-state index in [-0.39, 0.29) is 18.5 Å². The molecule has 1 aliphatic rings. The molecule has 1 aromatic carbocycles. The van der Waals surface area contributed by atoms with E-state index in [2.05, 4.69) is 10.6 Å². The zero-order valence-electron chi connectivity index (χ0n) is 17.8. The molecule has 0 saturated heterocycles. The minimum absolute atomic E-state index is 0.128. The first-order valence-electron chi connectivity index (χ1n) is 10.5. The molecule has 1 aromatic heterocycles. The zero-order valence-corrected chi connectivity index (χ0v) is 18.6. The molecule has 2 aromatic rings. The van der Waals surface area contributed by atoms with E-state index in [0.29, 0.717) is 12.2 Å². The van der Waals surface area contributed by atoms with Gasteiger partial charge in [0.15, 0.2) is 0 Å². The minimum atomic E-state index is -0.785. The highest BCUT2D eigenvalue weighted by Crippen LogP contribution is 2.43. The summed E-state index contributed by atoms with van der Waals surface area (Å²) in [7, 11) is 0. The average Bonchev–Trinajstić information content (AvgIpc) is 3.43. The highest BCUT2D eigenvalue weighted by Gasteiger charge is 2.41. The van der Waals surface area contributed by atoms with Gasteiger partial charge >= 0.3 is 12.1 Å². The summed E-state index contributed by atoms with van der Waals surface area (Å²) in [5.74, 6) is -0.697. The molecular weight excluding hydrogens is 416 g/mol. The molecular formula is C23H28N2O5S. The van der Waals surface area contributed by atoms with Gasteiger partial charge in [0.2, 0.25) is 5.91 Å². The fraction of sp³-hybridized carbons (Fsp3) is 0.435. The van der Waals surface area contributed by atoms with Gasteiger partial charge in [-0.1, -0.05) is 43.2 Å². The van der Waals surface area contributed by atoms with Crippen LogP contribution in [0.4, 0.5) is 4.79 Å². The number of thiophene rings is 1. The third-order valence-corrected chi connectivity index (χ3v) is 6.47. The number of amides is 2. The van der Waals surface area contributed by atoms with Crippen LogP contribution in [0.25, 0.3) is 0 Å². The monoisotopic (exact) mass is 444 g/mol. The minimum Gasteiger partial charge on any atom is -0.462 e. The first-order chi connectivity index (χ1) is 14.9. The van der Waals surface area contributed by atoms with Crippen LogP contribution in [0.15, 0.2) is 41.8 Å². The molecule has 3 rings (SSSR count). The number of esters is 1. The summed E-state index contributed by atoms with van der Waals surface area (Å²) in [5.41, 5.74) is 0.734. The molecule has 0 bridgehead atoms. The molecule has 1 heterocycles. The van der Waals surface area contributed by atoms with Crippen LogP contribution in [0.5, 0.6) is 0 Å². The lowest BCUT2D eigenvalue weighted by Crippen LogP contribution is -2.52. The highest BCUT2D eigenvalue weighted by molar-refractivity contribution is 7.10. The van der Waals surface area contributed by atoms with Gasteiger partial charge in [0.05, 0.1) is 17.7 Å². The Morgan fingerprint density at radius 1 is 1.10 bits per heavy atom. The van der Waals surface area contributed by atoms with E-state index in [1.807, 2.05) is 35.7 Å². The van der Waals surface area contributed by atoms with Gasteiger partial charge < -0.3 is 20.1 Å². The summed E-state index contributed by atoms with van der Waals surface area (Å²) >= 11 is 1.45. The fourth-order valence-corrected chi connectivity index (χ4v) is 4.89. The molecule has 2 N–H and O–H groups in total. The topological polar surface area (TPSA) is 93.7 Å². The molecule has 0 aliphatic heterocycles. The third-order valence-electron chi connectivity index (χ3n) is 5.36. The number of hydrogen-bond donors (Lipinski definition) is 2. The van der Waals surface area contributed by atoms with Crippen molar-refractivity contribution in [2.24, 2.45) is 0 Å². The van der Waals surface area contributed by atoms with Gasteiger partial charge in [-0.25, -0.2) is 9.59 Å². The predicted molar refractivity (Wildman–Crippen MR) is 118 cm³/mol. The highest BCUT2D eigenvalue weighted by atomic mass is 32.1. The molecule has 31 heavy (non-hydrogen) atoms. The van der Waals surface area contributed by atoms with Crippen LogP contribution in [0.2, 0.25) is 0 Å². The molecule has 0 radical (unpaired) electrons. The molecule has 1 atom stereocenters. The van der Waals surface area contributed by atoms with Gasteiger partial charge in [-0.15, -0.1) is 11.3 Å². The van der Waals surface area contributed by atoms with Crippen molar-refractivity contribution in [1.29, 1.82) is 0 Å². The lowest BCUT2D eigenvalue weighted by atomic mass is 9.92. The average molecular weight is 445 g/mol. The van der Waals surface area contributed by atoms with E-state index in [4.69, 9.17) is 9.47 Å². The van der Waals surface area contributed by atoms with Crippen molar-refractivity contribution in [1.82, 2.24) is 10.6 Å². The molecule has 0 unspecified atom stereocenters. The van der Waals surface area contributed by atoms with Crippen LogP contribution in [-0.2, 0) is 26.4 Å². The predicted octanol–water partition coefficient (Wildman–Crippen LogP) is 4.13. The van der Waals surface area contributed by atoms with Gasteiger partial charge in [-0.05, 0) is 43.7 Å². The Hall–Kier alpha value is -2.87. The quantitative estimate of drug-likeness (QED) is 0.597. The number of ether oxygens (including phenoxy) is 2. The smallest absolute Gasteiger partial charge is 0.408 e. The second kappa shape index (κ2) is 10.4. The second-order valence-corrected chi connectivity index (χ2v) is 8.51. The van der Waals surface area contributed by atoms with Crippen molar-refractivity contribution in [2.45, 2.75) is 57.7 Å². The number of carbonyl (C=O) groups is 3. The van der Waals surface area contributed by atoms with E-state index >= 15 is 0 Å². The van der Waals surface area contributed by atoms with E-state index in [1.165, 1.54) is 11.3 Å². The van der Waals surface area contributed by atoms with Crippen molar-refractivity contribution in [3.05, 3.63) is 57.8 Å². The summed E-state index contributed by atoms with van der Waals surface area (Å²) in [5, 5.41) is 7.53. The zero-order chi connectivity index (χ0) is 22.3. The van der Waals surface area contributed by atoms with Gasteiger partial charge in [0, 0.05) is 4.88 Å². The number of carbonyl (C=O) groups excluding carboxylic acids is 3. The summed E-state index contributed by atoms with van der Waals surface area (Å²) in [4.78, 5) is 38.2. The van der Waals surface area contributed by atoms with Crippen molar-refractivity contribution in [3.63, 3.8) is 0 Å². The van der Waals surface area contributed by atoms with E-state index in [0.717, 1.165) is 36.1 Å². The van der Waals surface area contributed by atoms with E-state index in [9.17, 15) is 14.4 Å². The Labute approximate surface area is 186 Å². The van der Waals surface area contributed by atoms with Crippen molar-refractivity contribution in [3.8, 4) is 0 Å². The van der Waals surface area contributed by atoms with E-state index < -0.39 is 17.7 Å². The Morgan fingerprint density at radius 3 is 2.48 bits per heavy atom. The van der Waals surface area contributed by atoms with Gasteiger partial charge in [0.25, 0.3) is 0 Å². The summed E-state index contributed by atoms with van der Waals surface area (Å²) < 4.78 is 10.4. The largest absolute Gasteiger partial charge is 0.462 e. The number of alkyl carbamates (subject to hydrolysis) is 1. The third kappa shape index (κ3) is 5.64. The Morgan fingerprint density at radius 2 is 1.81 bits per heavy atom. The second-order valence-electron chi connectivity index (χ2n) is 7.59. The van der Waals surface area contributed by atoms with Gasteiger partial charge in [0.1, 0.15) is 12.6 Å². The molecule has 7 nitrogen and oxygen atoms in total. The number of benzene rings is 1. The normalized spacial score (nSPS) is 15.7. The van der Waals surface area contributed by atoms with Gasteiger partial charge in [-0.3, -0.25) is 4.79 Å². The first kappa shape index (κ1) is 22.8. The van der Waals surface area contributed by atoms with Crippen LogP contribution in [0, 0.1) is 0 Å². The Bertz CT molecular complexity index is 906. The lowest BCUT2D eigenvalue weighted by Gasteiger charge is -2.31. The van der Waals surface area contributed by atoms with Crippen molar-refractivity contribution in [2.75, 3.05) is 6.61 Å². The summed E-state index contributed by atoms with van der Waals surface area (Å²) in [6, 6.07) is 10.3. The number of nitrogens with one attached hydrogen (secondary N) is 2. The summed E-state index contributed by atoms with van der Waals surface area (Å²) in [6.07, 6.45) is 2.70. The van der Waals surface area contributed by atoms with Crippen LogP contribution in [-0.4, -0.2) is 30.6 Å². The van der Waals surface area contributed by atoms with Crippen LogP contribution in [0.3, 0.4) is 0 Å². The van der Waals surface area contributed by atoms with Gasteiger partial charge in [-0.2, -0.15) is 0 Å². The molecule has 1 fully saturated rings. The molecule has 1 saturated carbocycles. The SMILES string of the molecule is CCOC(=O)c1ccsc1C1(NC(=O)[C@H](C)NC(=O)OCc2ccccc2)CCCC1. The van der Waals surface area contributed by atoms with Crippen LogP contribution >= 0.6 is 11.3 Å². The maximum absolute atomic E-state index is 12.9. The Balaban J connectivity index is 1.63. The fourth-order valence-electron chi connectivity index (χ4n) is 3.79. The van der Waals surface area contributed by atoms with E-state index in [1.54, 1.807) is 19.9 Å². The standard InChI is InChI=1S/C23H28N2O5S/c1-3-29-21(27)18-11-14-31-19(18)23(12-7-8-13-23)25-20(26)16(2)24-22(28)30-15-17-9-5-4-6-10-17/h4-6,9-11,14,16H,3,7-8,12-13,15H2,1-2H3,(H,24,28)(H,25,26)/t16-/m0/s1. The van der Waals surface area contributed by atoms with Crippen LogP contribution in [0.1, 0.15) is 60.3 Å². The molecule has 8 heteroatoms. The van der Waals surface area contributed by atoms with Crippen molar-refractivity contribution < 1.29 is 23.9 Å². The number of hydrogen-bond acceptors (Lipinski definition) is 6. The first-order valence-corrected chi connectivity index (χ1v) is 11.4. The maximum atomic E-state index is 12.9.